The standard InChI is InChI=1S/C15H17N3O2S/c16-15(21)12-2-1-3-13-11(12)4-5-18(13)10-14(19)17-6-8-20-9-7-17/h1-5H,6-10H2,(H2,16,21). The second kappa shape index (κ2) is 5.83. The molecule has 0 unspecified atom stereocenters. The third kappa shape index (κ3) is 2.77. The minimum atomic E-state index is 0.108. The summed E-state index contributed by atoms with van der Waals surface area (Å²) in [6.07, 6.45) is 1.91. The number of morpholine rings is 1. The van der Waals surface area contributed by atoms with Crippen LogP contribution in [0.2, 0.25) is 0 Å². The van der Waals surface area contributed by atoms with Crippen molar-refractivity contribution in [1.29, 1.82) is 0 Å². The number of benzene rings is 1. The predicted molar refractivity (Wildman–Crippen MR) is 85.2 cm³/mol. The molecule has 1 aromatic heterocycles. The number of ether oxygens (including phenoxy) is 1. The predicted octanol–water partition coefficient (Wildman–Crippen LogP) is 1.13. The lowest BCUT2D eigenvalue weighted by Crippen LogP contribution is -2.42. The number of hydrogen-bond acceptors (Lipinski definition) is 3. The quantitative estimate of drug-likeness (QED) is 0.864. The number of aromatic nitrogens is 1. The zero-order valence-electron chi connectivity index (χ0n) is 11.6. The second-order valence-corrected chi connectivity index (χ2v) is 5.48. The Morgan fingerprint density at radius 1 is 1.29 bits per heavy atom. The van der Waals surface area contributed by atoms with Gasteiger partial charge < -0.3 is 19.9 Å². The van der Waals surface area contributed by atoms with Crippen molar-refractivity contribution in [3.05, 3.63) is 36.0 Å². The van der Waals surface area contributed by atoms with Crippen LogP contribution in [0, 0.1) is 0 Å². The lowest BCUT2D eigenvalue weighted by atomic mass is 10.1. The van der Waals surface area contributed by atoms with Gasteiger partial charge in [-0.2, -0.15) is 0 Å². The fraction of sp³-hybridized carbons (Fsp3) is 0.333. The van der Waals surface area contributed by atoms with Gasteiger partial charge in [-0.1, -0.05) is 24.4 Å². The Kier molecular flexibility index (Phi) is 3.90. The van der Waals surface area contributed by atoms with Crippen molar-refractivity contribution >= 4 is 34.0 Å². The molecule has 2 N–H and O–H groups in total. The maximum Gasteiger partial charge on any atom is 0.242 e. The van der Waals surface area contributed by atoms with Gasteiger partial charge in [0.05, 0.1) is 13.2 Å². The van der Waals surface area contributed by atoms with Gasteiger partial charge in [0.1, 0.15) is 11.5 Å². The minimum Gasteiger partial charge on any atom is -0.389 e. The summed E-state index contributed by atoms with van der Waals surface area (Å²) in [6, 6.07) is 7.74. The van der Waals surface area contributed by atoms with E-state index >= 15 is 0 Å². The van der Waals surface area contributed by atoms with Crippen LogP contribution in [0.15, 0.2) is 30.5 Å². The molecule has 0 saturated carbocycles. The molecule has 0 aliphatic carbocycles. The van der Waals surface area contributed by atoms with Gasteiger partial charge >= 0.3 is 0 Å². The summed E-state index contributed by atoms with van der Waals surface area (Å²) in [7, 11) is 0. The number of amides is 1. The van der Waals surface area contributed by atoms with Gasteiger partial charge in [0.2, 0.25) is 5.91 Å². The van der Waals surface area contributed by atoms with Crippen LogP contribution in [0.4, 0.5) is 0 Å². The largest absolute Gasteiger partial charge is 0.389 e. The fourth-order valence-electron chi connectivity index (χ4n) is 2.63. The van der Waals surface area contributed by atoms with Crippen LogP contribution in [0.5, 0.6) is 0 Å². The van der Waals surface area contributed by atoms with Crippen molar-refractivity contribution < 1.29 is 9.53 Å². The maximum atomic E-state index is 12.3. The highest BCUT2D eigenvalue weighted by molar-refractivity contribution is 7.80. The van der Waals surface area contributed by atoms with Gasteiger partial charge in [-0.3, -0.25) is 4.79 Å². The monoisotopic (exact) mass is 303 g/mol. The van der Waals surface area contributed by atoms with Crippen LogP contribution in [-0.4, -0.2) is 46.7 Å². The number of nitrogens with zero attached hydrogens (tertiary/aromatic N) is 2. The fourth-order valence-corrected chi connectivity index (χ4v) is 2.81. The zero-order valence-corrected chi connectivity index (χ0v) is 12.4. The number of nitrogens with two attached hydrogens (primary N) is 1. The SMILES string of the molecule is NC(=S)c1cccc2c1ccn2CC(=O)N1CCOCC1. The normalized spacial score (nSPS) is 15.3. The van der Waals surface area contributed by atoms with E-state index in [1.54, 1.807) is 0 Å². The zero-order chi connectivity index (χ0) is 14.8. The Bertz CT molecular complexity index is 689. The Hall–Kier alpha value is -1.92. The van der Waals surface area contributed by atoms with E-state index in [1.165, 1.54) is 0 Å². The lowest BCUT2D eigenvalue weighted by molar-refractivity contribution is -0.135. The number of fused-ring (bicyclic) bond motifs is 1. The van der Waals surface area contributed by atoms with Crippen LogP contribution in [0.3, 0.4) is 0 Å². The topological polar surface area (TPSA) is 60.5 Å². The van der Waals surface area contributed by atoms with Gasteiger partial charge in [-0.15, -0.1) is 0 Å². The number of carbonyl (C=O) groups excluding carboxylic acids is 1. The van der Waals surface area contributed by atoms with Gasteiger partial charge in [-0.25, -0.2) is 0 Å². The van der Waals surface area contributed by atoms with Crippen molar-refractivity contribution in [3.8, 4) is 0 Å². The first-order chi connectivity index (χ1) is 10.2. The Balaban J connectivity index is 1.86. The van der Waals surface area contributed by atoms with Crippen molar-refractivity contribution in [1.82, 2.24) is 9.47 Å². The van der Waals surface area contributed by atoms with Crippen LogP contribution < -0.4 is 5.73 Å². The molecule has 110 valence electrons. The summed E-state index contributed by atoms with van der Waals surface area (Å²) in [5, 5.41) is 0.986. The summed E-state index contributed by atoms with van der Waals surface area (Å²) < 4.78 is 7.21. The molecule has 5 nitrogen and oxygen atoms in total. The molecule has 1 aromatic carbocycles. The molecule has 1 aliphatic heterocycles. The molecule has 0 bridgehead atoms. The number of thiocarbonyl (C=S) groups is 1. The molecule has 2 heterocycles. The van der Waals surface area contributed by atoms with Crippen LogP contribution >= 0.6 is 12.2 Å². The highest BCUT2D eigenvalue weighted by Crippen LogP contribution is 2.20. The van der Waals surface area contributed by atoms with E-state index in [2.05, 4.69) is 0 Å². The van der Waals surface area contributed by atoms with E-state index in [4.69, 9.17) is 22.7 Å². The highest BCUT2D eigenvalue weighted by atomic mass is 32.1. The molecule has 1 aliphatic rings. The summed E-state index contributed by atoms with van der Waals surface area (Å²) in [6.45, 7) is 2.88. The third-order valence-electron chi connectivity index (χ3n) is 3.75. The molecule has 1 saturated heterocycles. The molecule has 0 radical (unpaired) electrons. The average molecular weight is 303 g/mol. The van der Waals surface area contributed by atoms with Gasteiger partial charge in [0.15, 0.2) is 0 Å². The average Bonchev–Trinajstić information content (AvgIpc) is 2.91. The maximum absolute atomic E-state index is 12.3. The first-order valence-corrected chi connectivity index (χ1v) is 7.31. The van der Waals surface area contributed by atoms with E-state index in [-0.39, 0.29) is 5.91 Å². The molecule has 1 amide bonds. The molecule has 0 atom stereocenters. The van der Waals surface area contributed by atoms with Gasteiger partial charge in [-0.05, 0) is 12.1 Å². The third-order valence-corrected chi connectivity index (χ3v) is 3.97. The molecule has 3 rings (SSSR count). The van der Waals surface area contributed by atoms with Gasteiger partial charge in [0, 0.05) is 35.8 Å². The summed E-state index contributed by atoms with van der Waals surface area (Å²) in [5.41, 5.74) is 7.56. The van der Waals surface area contributed by atoms with Crippen molar-refractivity contribution in [2.45, 2.75) is 6.54 Å². The molecule has 1 fully saturated rings. The van der Waals surface area contributed by atoms with E-state index in [1.807, 2.05) is 39.9 Å². The van der Waals surface area contributed by atoms with Crippen molar-refractivity contribution in [2.75, 3.05) is 26.3 Å². The number of carbonyl (C=O) groups is 1. The molecule has 21 heavy (non-hydrogen) atoms. The molecular formula is C15H17N3O2S. The first-order valence-electron chi connectivity index (χ1n) is 6.90. The smallest absolute Gasteiger partial charge is 0.242 e. The van der Waals surface area contributed by atoms with Crippen LogP contribution in [-0.2, 0) is 16.1 Å². The minimum absolute atomic E-state index is 0.108. The van der Waals surface area contributed by atoms with Crippen molar-refractivity contribution in [3.63, 3.8) is 0 Å². The van der Waals surface area contributed by atoms with Crippen molar-refractivity contribution in [2.24, 2.45) is 5.73 Å². The van der Waals surface area contributed by atoms with Crippen LogP contribution in [0.1, 0.15) is 5.56 Å². The van der Waals surface area contributed by atoms with E-state index in [0.29, 0.717) is 37.8 Å². The van der Waals surface area contributed by atoms with E-state index in [0.717, 1.165) is 16.5 Å². The molecular weight excluding hydrogens is 286 g/mol. The number of hydrogen-bond donors (Lipinski definition) is 1. The van der Waals surface area contributed by atoms with E-state index in [9.17, 15) is 4.79 Å². The Labute approximate surface area is 128 Å². The summed E-state index contributed by atoms with van der Waals surface area (Å²) in [4.78, 5) is 14.5. The lowest BCUT2D eigenvalue weighted by Gasteiger charge is -2.27. The highest BCUT2D eigenvalue weighted by Gasteiger charge is 2.18. The Morgan fingerprint density at radius 3 is 2.76 bits per heavy atom. The molecule has 6 heteroatoms. The molecule has 0 spiro atoms. The Morgan fingerprint density at radius 2 is 2.05 bits per heavy atom. The molecule has 2 aromatic rings. The van der Waals surface area contributed by atoms with Crippen LogP contribution in [0.25, 0.3) is 10.9 Å². The first kappa shape index (κ1) is 14.0. The second-order valence-electron chi connectivity index (χ2n) is 5.04. The summed E-state index contributed by atoms with van der Waals surface area (Å²) in [5.74, 6) is 0.108. The van der Waals surface area contributed by atoms with Gasteiger partial charge in [0.25, 0.3) is 0 Å². The number of rotatable bonds is 3. The summed E-state index contributed by atoms with van der Waals surface area (Å²) >= 11 is 5.07. The van der Waals surface area contributed by atoms with E-state index < -0.39 is 0 Å².